The molecule has 1 aromatic heterocycles. The molecule has 7 heteroatoms. The summed E-state index contributed by atoms with van der Waals surface area (Å²) in [6.45, 7) is 2.66. The van der Waals surface area contributed by atoms with Crippen LogP contribution < -0.4 is 4.74 Å². The molecule has 1 heterocycles. The lowest BCUT2D eigenvalue weighted by molar-refractivity contribution is 0.0734. The molecule has 3 rings (SSSR count). The second-order valence-corrected chi connectivity index (χ2v) is 6.00. The molecule has 6 nitrogen and oxygen atoms in total. The van der Waals surface area contributed by atoms with E-state index in [0.29, 0.717) is 34.6 Å². The maximum atomic E-state index is 12.7. The summed E-state index contributed by atoms with van der Waals surface area (Å²) >= 11 is 5.89. The van der Waals surface area contributed by atoms with Crippen molar-refractivity contribution in [3.8, 4) is 17.1 Å². The van der Waals surface area contributed by atoms with Crippen molar-refractivity contribution in [2.45, 2.75) is 13.5 Å². The highest BCUT2D eigenvalue weighted by Gasteiger charge is 2.18. The van der Waals surface area contributed by atoms with Gasteiger partial charge in [-0.25, -0.2) is 0 Å². The number of carbonyl (C=O) groups excluding carboxylic acids is 1. The first-order valence-electron chi connectivity index (χ1n) is 8.12. The van der Waals surface area contributed by atoms with E-state index in [9.17, 15) is 4.79 Å². The Hall–Kier alpha value is -2.86. The highest BCUT2D eigenvalue weighted by molar-refractivity contribution is 6.30. The molecule has 134 valence electrons. The topological polar surface area (TPSA) is 68.5 Å². The van der Waals surface area contributed by atoms with Crippen LogP contribution >= 0.6 is 11.6 Å². The first-order valence-corrected chi connectivity index (χ1v) is 8.50. The summed E-state index contributed by atoms with van der Waals surface area (Å²) in [5.41, 5.74) is 1.37. The van der Waals surface area contributed by atoms with Crippen molar-refractivity contribution >= 4 is 17.5 Å². The largest absolute Gasteiger partial charge is 0.497 e. The van der Waals surface area contributed by atoms with Gasteiger partial charge in [-0.2, -0.15) is 4.98 Å². The van der Waals surface area contributed by atoms with Crippen LogP contribution in [0.15, 0.2) is 53.1 Å². The molecule has 0 N–H and O–H groups in total. The normalized spacial score (nSPS) is 10.6. The summed E-state index contributed by atoms with van der Waals surface area (Å²) in [7, 11) is 1.59. The Labute approximate surface area is 156 Å². The quantitative estimate of drug-likeness (QED) is 0.653. The van der Waals surface area contributed by atoms with Crippen molar-refractivity contribution in [3.63, 3.8) is 0 Å². The number of amides is 1. The first kappa shape index (κ1) is 17.9. The minimum atomic E-state index is -0.110. The molecule has 0 aliphatic rings. The number of halogens is 1. The van der Waals surface area contributed by atoms with Crippen LogP contribution in [0.2, 0.25) is 5.02 Å². The predicted molar refractivity (Wildman–Crippen MR) is 98.2 cm³/mol. The number of ether oxygens (including phenoxy) is 1. The van der Waals surface area contributed by atoms with E-state index in [1.165, 1.54) is 0 Å². The van der Waals surface area contributed by atoms with Crippen molar-refractivity contribution in [2.75, 3.05) is 13.7 Å². The zero-order valence-corrected chi connectivity index (χ0v) is 15.2. The molecule has 0 fully saturated rings. The van der Waals surface area contributed by atoms with E-state index in [1.54, 1.807) is 48.4 Å². The summed E-state index contributed by atoms with van der Waals surface area (Å²) in [4.78, 5) is 18.7. The zero-order valence-electron chi connectivity index (χ0n) is 14.5. The van der Waals surface area contributed by atoms with Gasteiger partial charge >= 0.3 is 0 Å². The van der Waals surface area contributed by atoms with E-state index < -0.39 is 0 Å². The van der Waals surface area contributed by atoms with Crippen molar-refractivity contribution in [2.24, 2.45) is 0 Å². The molecule has 26 heavy (non-hydrogen) atoms. The SMILES string of the molecule is CCN(Cc1nc(-c2ccc(Cl)cc2)no1)C(=O)c1ccc(OC)cc1. The van der Waals surface area contributed by atoms with Crippen molar-refractivity contribution in [1.29, 1.82) is 0 Å². The summed E-state index contributed by atoms with van der Waals surface area (Å²) in [5.74, 6) is 1.43. The number of benzene rings is 2. The third kappa shape index (κ3) is 4.03. The lowest BCUT2D eigenvalue weighted by atomic mass is 10.2. The minimum absolute atomic E-state index is 0.110. The van der Waals surface area contributed by atoms with Gasteiger partial charge in [0.2, 0.25) is 11.7 Å². The average molecular weight is 372 g/mol. The van der Waals surface area contributed by atoms with Crippen LogP contribution in [0, 0.1) is 0 Å². The van der Waals surface area contributed by atoms with Gasteiger partial charge < -0.3 is 14.2 Å². The van der Waals surface area contributed by atoms with Gasteiger partial charge in [0, 0.05) is 22.7 Å². The third-order valence-corrected chi connectivity index (χ3v) is 4.15. The van der Waals surface area contributed by atoms with Crippen molar-refractivity contribution < 1.29 is 14.1 Å². The van der Waals surface area contributed by atoms with Crippen LogP contribution in [0.1, 0.15) is 23.2 Å². The molecular formula is C19H18ClN3O3. The molecule has 3 aromatic rings. The first-order chi connectivity index (χ1) is 12.6. The lowest BCUT2D eigenvalue weighted by Gasteiger charge is -2.18. The Kier molecular flexibility index (Phi) is 5.53. The molecule has 0 unspecified atom stereocenters. The van der Waals surface area contributed by atoms with E-state index in [0.717, 1.165) is 5.56 Å². The molecule has 0 bridgehead atoms. The van der Waals surface area contributed by atoms with Gasteiger partial charge in [-0.15, -0.1) is 0 Å². The van der Waals surface area contributed by atoms with Gasteiger partial charge in [-0.1, -0.05) is 16.8 Å². The van der Waals surface area contributed by atoms with Crippen molar-refractivity contribution in [3.05, 3.63) is 65.0 Å². The fraction of sp³-hybridized carbons (Fsp3) is 0.211. The van der Waals surface area contributed by atoms with Crippen LogP contribution in [-0.4, -0.2) is 34.6 Å². The molecule has 0 atom stereocenters. The maximum Gasteiger partial charge on any atom is 0.254 e. The van der Waals surface area contributed by atoms with Gasteiger partial charge in [0.15, 0.2) is 0 Å². The van der Waals surface area contributed by atoms with E-state index in [2.05, 4.69) is 10.1 Å². The number of nitrogens with zero attached hydrogens (tertiary/aromatic N) is 3. The average Bonchev–Trinajstić information content (AvgIpc) is 3.15. The zero-order chi connectivity index (χ0) is 18.5. The smallest absolute Gasteiger partial charge is 0.254 e. The fourth-order valence-electron chi connectivity index (χ4n) is 2.44. The molecule has 0 spiro atoms. The predicted octanol–water partition coefficient (Wildman–Crippen LogP) is 4.06. The second kappa shape index (κ2) is 8.01. The lowest BCUT2D eigenvalue weighted by Crippen LogP contribution is -2.30. The molecule has 0 aliphatic heterocycles. The molecular weight excluding hydrogens is 354 g/mol. The third-order valence-electron chi connectivity index (χ3n) is 3.90. The maximum absolute atomic E-state index is 12.7. The van der Waals surface area contributed by atoms with Crippen LogP contribution in [0.5, 0.6) is 5.75 Å². The number of carbonyl (C=O) groups is 1. The van der Waals surface area contributed by atoms with Gasteiger partial charge in [-0.3, -0.25) is 4.79 Å². The highest BCUT2D eigenvalue weighted by Crippen LogP contribution is 2.20. The number of rotatable bonds is 6. The summed E-state index contributed by atoms with van der Waals surface area (Å²) in [6, 6.07) is 14.1. The highest BCUT2D eigenvalue weighted by atomic mass is 35.5. The summed E-state index contributed by atoms with van der Waals surface area (Å²) in [6.07, 6.45) is 0. The summed E-state index contributed by atoms with van der Waals surface area (Å²) in [5, 5.41) is 4.61. The van der Waals surface area contributed by atoms with Crippen LogP contribution in [0.4, 0.5) is 0 Å². The standard InChI is InChI=1S/C19H18ClN3O3/c1-3-23(19(24)14-6-10-16(25-2)11-7-14)12-17-21-18(22-26-17)13-4-8-15(20)9-5-13/h4-11H,3,12H2,1-2H3. The Bertz CT molecular complexity index is 876. The molecule has 0 saturated heterocycles. The van der Waals surface area contributed by atoms with Gasteiger partial charge in [0.1, 0.15) is 12.3 Å². The van der Waals surface area contributed by atoms with Gasteiger partial charge in [0.05, 0.1) is 7.11 Å². The molecule has 0 aliphatic carbocycles. The van der Waals surface area contributed by atoms with E-state index in [-0.39, 0.29) is 12.5 Å². The number of methoxy groups -OCH3 is 1. The minimum Gasteiger partial charge on any atom is -0.497 e. The Balaban J connectivity index is 1.73. The second-order valence-electron chi connectivity index (χ2n) is 5.57. The Morgan fingerprint density at radius 2 is 1.85 bits per heavy atom. The monoisotopic (exact) mass is 371 g/mol. The van der Waals surface area contributed by atoms with Crippen LogP contribution in [0.3, 0.4) is 0 Å². The molecule has 2 aromatic carbocycles. The molecule has 1 amide bonds. The van der Waals surface area contributed by atoms with Gasteiger partial charge in [-0.05, 0) is 55.5 Å². The number of hydrogen-bond donors (Lipinski definition) is 0. The van der Waals surface area contributed by atoms with Crippen molar-refractivity contribution in [1.82, 2.24) is 15.0 Å². The Morgan fingerprint density at radius 3 is 2.46 bits per heavy atom. The fourth-order valence-corrected chi connectivity index (χ4v) is 2.57. The number of aromatic nitrogens is 2. The summed E-state index contributed by atoms with van der Waals surface area (Å²) < 4.78 is 10.4. The Morgan fingerprint density at radius 1 is 1.15 bits per heavy atom. The van der Waals surface area contributed by atoms with E-state index in [4.69, 9.17) is 20.9 Å². The van der Waals surface area contributed by atoms with Crippen LogP contribution in [-0.2, 0) is 6.54 Å². The molecule has 0 radical (unpaired) electrons. The van der Waals surface area contributed by atoms with E-state index >= 15 is 0 Å². The van der Waals surface area contributed by atoms with E-state index in [1.807, 2.05) is 19.1 Å². The molecule has 0 saturated carbocycles. The van der Waals surface area contributed by atoms with Gasteiger partial charge in [0.25, 0.3) is 5.91 Å². The van der Waals surface area contributed by atoms with Crippen LogP contribution in [0.25, 0.3) is 11.4 Å². The number of hydrogen-bond acceptors (Lipinski definition) is 5.